The molecule has 0 aliphatic heterocycles. The first-order chi connectivity index (χ1) is 12.6. The van der Waals surface area contributed by atoms with E-state index in [-0.39, 0.29) is 0 Å². The summed E-state index contributed by atoms with van der Waals surface area (Å²) in [4.78, 5) is 4.28. The van der Waals surface area contributed by atoms with Crippen LogP contribution < -0.4 is 20.1 Å². The molecule has 0 aromatic heterocycles. The fraction of sp³-hybridized carbons (Fsp3) is 0.381. The van der Waals surface area contributed by atoms with E-state index in [4.69, 9.17) is 9.47 Å². The van der Waals surface area contributed by atoms with Crippen LogP contribution in [0.4, 0.5) is 0 Å². The van der Waals surface area contributed by atoms with Gasteiger partial charge in [-0.1, -0.05) is 24.3 Å². The number of benzene rings is 2. The van der Waals surface area contributed by atoms with Crippen molar-refractivity contribution in [1.29, 1.82) is 0 Å². The SMILES string of the molecule is CN=C(NCCc1ccc(C)c(OC)c1)NCc1ccc(C)c(OC)c1. The lowest BCUT2D eigenvalue weighted by Gasteiger charge is -2.13. The van der Waals surface area contributed by atoms with Gasteiger partial charge in [0.1, 0.15) is 11.5 Å². The van der Waals surface area contributed by atoms with Crippen LogP contribution in [0.2, 0.25) is 0 Å². The normalized spacial score (nSPS) is 11.2. The van der Waals surface area contributed by atoms with Gasteiger partial charge in [-0.05, 0) is 54.7 Å². The molecule has 0 fully saturated rings. The van der Waals surface area contributed by atoms with Crippen LogP contribution in [0.5, 0.6) is 11.5 Å². The highest BCUT2D eigenvalue weighted by atomic mass is 16.5. The van der Waals surface area contributed by atoms with Crippen LogP contribution in [0.25, 0.3) is 0 Å². The summed E-state index contributed by atoms with van der Waals surface area (Å²) in [6, 6.07) is 12.5. The zero-order valence-electron chi connectivity index (χ0n) is 16.3. The topological polar surface area (TPSA) is 54.9 Å². The highest BCUT2D eigenvalue weighted by molar-refractivity contribution is 5.79. The van der Waals surface area contributed by atoms with Crippen molar-refractivity contribution in [3.63, 3.8) is 0 Å². The van der Waals surface area contributed by atoms with Crippen molar-refractivity contribution in [1.82, 2.24) is 10.6 Å². The fourth-order valence-electron chi connectivity index (χ4n) is 2.73. The summed E-state index contributed by atoms with van der Waals surface area (Å²) in [6.07, 6.45) is 0.899. The third-order valence-electron chi connectivity index (χ3n) is 4.33. The Kier molecular flexibility index (Phi) is 7.33. The molecule has 2 rings (SSSR count). The van der Waals surface area contributed by atoms with Gasteiger partial charge in [-0.25, -0.2) is 0 Å². The van der Waals surface area contributed by atoms with E-state index in [2.05, 4.69) is 46.0 Å². The van der Waals surface area contributed by atoms with E-state index < -0.39 is 0 Å². The van der Waals surface area contributed by atoms with Crippen LogP contribution in [0.1, 0.15) is 22.3 Å². The molecule has 140 valence electrons. The van der Waals surface area contributed by atoms with Gasteiger partial charge in [0.05, 0.1) is 14.2 Å². The molecule has 0 saturated heterocycles. The van der Waals surface area contributed by atoms with Crippen LogP contribution in [0.3, 0.4) is 0 Å². The molecule has 2 N–H and O–H groups in total. The van der Waals surface area contributed by atoms with Crippen molar-refractivity contribution >= 4 is 5.96 Å². The van der Waals surface area contributed by atoms with E-state index >= 15 is 0 Å². The number of nitrogens with zero attached hydrogens (tertiary/aromatic N) is 1. The van der Waals surface area contributed by atoms with Gasteiger partial charge in [-0.3, -0.25) is 4.99 Å². The summed E-state index contributed by atoms with van der Waals surface area (Å²) < 4.78 is 10.8. The van der Waals surface area contributed by atoms with E-state index in [1.54, 1.807) is 21.3 Å². The minimum atomic E-state index is 0.689. The largest absolute Gasteiger partial charge is 0.496 e. The van der Waals surface area contributed by atoms with Crippen molar-refractivity contribution < 1.29 is 9.47 Å². The summed E-state index contributed by atoms with van der Waals surface area (Å²) in [5.74, 6) is 2.61. The standard InChI is InChI=1S/C21H29N3O2/c1-15-6-8-17(12-19(15)25-4)10-11-23-21(22-3)24-14-18-9-7-16(2)20(13-18)26-5/h6-9,12-13H,10-11,14H2,1-5H3,(H2,22,23,24). The Morgan fingerprint density at radius 3 is 2.04 bits per heavy atom. The van der Waals surface area contributed by atoms with E-state index in [0.717, 1.165) is 47.1 Å². The summed E-state index contributed by atoms with van der Waals surface area (Å²) in [6.45, 7) is 5.57. The van der Waals surface area contributed by atoms with E-state index in [1.807, 2.05) is 19.9 Å². The highest BCUT2D eigenvalue weighted by Crippen LogP contribution is 2.19. The average molecular weight is 355 g/mol. The maximum absolute atomic E-state index is 5.38. The first kappa shape index (κ1) is 19.6. The Morgan fingerprint density at radius 2 is 1.46 bits per heavy atom. The maximum atomic E-state index is 5.38. The number of nitrogens with one attached hydrogen (secondary N) is 2. The predicted octanol–water partition coefficient (Wildman–Crippen LogP) is 3.23. The number of rotatable bonds is 7. The summed E-state index contributed by atoms with van der Waals surface area (Å²) >= 11 is 0. The molecule has 0 aliphatic carbocycles. The number of guanidine groups is 1. The van der Waals surface area contributed by atoms with Gasteiger partial charge in [-0.15, -0.1) is 0 Å². The number of hydrogen-bond acceptors (Lipinski definition) is 3. The van der Waals surface area contributed by atoms with Crippen molar-refractivity contribution in [3.8, 4) is 11.5 Å². The second-order valence-electron chi connectivity index (χ2n) is 6.21. The van der Waals surface area contributed by atoms with Crippen LogP contribution in [-0.2, 0) is 13.0 Å². The minimum Gasteiger partial charge on any atom is -0.496 e. The maximum Gasteiger partial charge on any atom is 0.191 e. The third kappa shape index (κ3) is 5.41. The van der Waals surface area contributed by atoms with Gasteiger partial charge in [0.25, 0.3) is 0 Å². The zero-order chi connectivity index (χ0) is 18.9. The van der Waals surface area contributed by atoms with Crippen molar-refractivity contribution in [2.24, 2.45) is 4.99 Å². The lowest BCUT2D eigenvalue weighted by atomic mass is 10.1. The molecule has 5 heteroatoms. The Balaban J connectivity index is 1.84. The second kappa shape index (κ2) is 9.70. The first-order valence-corrected chi connectivity index (χ1v) is 8.79. The van der Waals surface area contributed by atoms with Gasteiger partial charge in [0.2, 0.25) is 0 Å². The molecule has 0 saturated carbocycles. The number of ether oxygens (including phenoxy) is 2. The molecule has 0 aliphatic rings. The smallest absolute Gasteiger partial charge is 0.191 e. The van der Waals surface area contributed by atoms with E-state index in [1.165, 1.54) is 5.56 Å². The monoisotopic (exact) mass is 355 g/mol. The second-order valence-corrected chi connectivity index (χ2v) is 6.21. The molecule has 0 atom stereocenters. The van der Waals surface area contributed by atoms with E-state index in [0.29, 0.717) is 6.54 Å². The zero-order valence-corrected chi connectivity index (χ0v) is 16.3. The first-order valence-electron chi connectivity index (χ1n) is 8.79. The molecular weight excluding hydrogens is 326 g/mol. The van der Waals surface area contributed by atoms with Crippen LogP contribution in [-0.4, -0.2) is 33.8 Å². The molecule has 2 aromatic rings. The van der Waals surface area contributed by atoms with Crippen LogP contribution >= 0.6 is 0 Å². The predicted molar refractivity (Wildman–Crippen MR) is 107 cm³/mol. The molecular formula is C21H29N3O2. The van der Waals surface area contributed by atoms with Crippen molar-refractivity contribution in [2.45, 2.75) is 26.8 Å². The molecule has 5 nitrogen and oxygen atoms in total. The summed E-state index contributed by atoms with van der Waals surface area (Å²) in [7, 11) is 5.18. The fourth-order valence-corrected chi connectivity index (χ4v) is 2.73. The van der Waals surface area contributed by atoms with Gasteiger partial charge in [0.15, 0.2) is 5.96 Å². The molecule has 0 bridgehead atoms. The molecule has 26 heavy (non-hydrogen) atoms. The molecule has 0 spiro atoms. The van der Waals surface area contributed by atoms with Gasteiger partial charge in [0, 0.05) is 20.1 Å². The van der Waals surface area contributed by atoms with Crippen LogP contribution in [0, 0.1) is 13.8 Å². The van der Waals surface area contributed by atoms with Crippen molar-refractivity contribution in [3.05, 3.63) is 58.7 Å². The molecule has 0 unspecified atom stereocenters. The number of aryl methyl sites for hydroxylation is 2. The summed E-state index contributed by atoms with van der Waals surface area (Å²) in [5.41, 5.74) is 4.67. The number of methoxy groups -OCH3 is 2. The Labute approximate surface area is 156 Å². The van der Waals surface area contributed by atoms with Gasteiger partial charge in [-0.2, -0.15) is 0 Å². The lowest BCUT2D eigenvalue weighted by molar-refractivity contribution is 0.411. The Morgan fingerprint density at radius 1 is 0.885 bits per heavy atom. The van der Waals surface area contributed by atoms with Gasteiger partial charge < -0.3 is 20.1 Å². The van der Waals surface area contributed by atoms with Crippen molar-refractivity contribution in [2.75, 3.05) is 27.8 Å². The lowest BCUT2D eigenvalue weighted by Crippen LogP contribution is -2.37. The molecule has 0 amide bonds. The number of hydrogen-bond donors (Lipinski definition) is 2. The molecule has 0 heterocycles. The Bertz CT molecular complexity index is 757. The average Bonchev–Trinajstić information content (AvgIpc) is 2.66. The number of aliphatic imine (C=N–C) groups is 1. The highest BCUT2D eigenvalue weighted by Gasteiger charge is 2.04. The minimum absolute atomic E-state index is 0.689. The quantitative estimate of drug-likeness (QED) is 0.591. The Hall–Kier alpha value is -2.69. The van der Waals surface area contributed by atoms with E-state index in [9.17, 15) is 0 Å². The van der Waals surface area contributed by atoms with Gasteiger partial charge >= 0.3 is 0 Å². The molecule has 0 radical (unpaired) electrons. The van der Waals surface area contributed by atoms with Crippen LogP contribution in [0.15, 0.2) is 41.4 Å². The summed E-state index contributed by atoms with van der Waals surface area (Å²) in [5, 5.41) is 6.68. The third-order valence-corrected chi connectivity index (χ3v) is 4.33. The molecule has 2 aromatic carbocycles.